The average molecular weight is 377 g/mol. The number of hydrogen-bond donors (Lipinski definition) is 2. The summed E-state index contributed by atoms with van der Waals surface area (Å²) in [5, 5.41) is 17.5. The number of hydrogen-bond acceptors (Lipinski definition) is 3. The van der Waals surface area contributed by atoms with Crippen molar-refractivity contribution in [2.45, 2.75) is 39.8 Å². The molecule has 0 radical (unpaired) electrons. The maximum atomic E-state index is 11.6. The normalized spacial score (nSPS) is 12.3. The lowest BCUT2D eigenvalue weighted by molar-refractivity contribution is -0.140. The zero-order chi connectivity index (χ0) is 20.1. The van der Waals surface area contributed by atoms with E-state index >= 15 is 0 Å². The van der Waals surface area contributed by atoms with Gasteiger partial charge in [0.05, 0.1) is 11.4 Å². The third-order valence-corrected chi connectivity index (χ3v) is 4.68. The summed E-state index contributed by atoms with van der Waals surface area (Å²) in [6, 6.07) is 17.6. The molecule has 0 saturated carbocycles. The van der Waals surface area contributed by atoms with E-state index in [-0.39, 0.29) is 0 Å². The predicted octanol–water partition coefficient (Wildman–Crippen LogP) is 4.44. The van der Waals surface area contributed by atoms with Gasteiger partial charge in [-0.05, 0) is 31.4 Å². The summed E-state index contributed by atoms with van der Waals surface area (Å²) in [6.07, 6.45) is 2.56. The van der Waals surface area contributed by atoms with Gasteiger partial charge in [0, 0.05) is 23.9 Å². The van der Waals surface area contributed by atoms with Crippen LogP contribution in [0.15, 0.2) is 60.8 Å². The van der Waals surface area contributed by atoms with Crippen LogP contribution in [0.1, 0.15) is 31.4 Å². The third-order valence-electron chi connectivity index (χ3n) is 4.68. The number of para-hydroxylation sites is 1. The summed E-state index contributed by atoms with van der Waals surface area (Å²) in [6.45, 7) is 6.56. The lowest BCUT2D eigenvalue weighted by Crippen LogP contribution is -2.37. The van der Waals surface area contributed by atoms with Gasteiger partial charge in [-0.25, -0.2) is 4.68 Å². The molecule has 5 nitrogen and oxygen atoms in total. The van der Waals surface area contributed by atoms with Gasteiger partial charge in [-0.3, -0.25) is 4.79 Å². The van der Waals surface area contributed by atoms with Gasteiger partial charge in [-0.1, -0.05) is 61.9 Å². The SMILES string of the molecule is Cc1ccc(-c2nn(-c3ccccc3)cc2CN[C@@H](CC(C)C)C(=O)O)cc1. The summed E-state index contributed by atoms with van der Waals surface area (Å²) in [5.74, 6) is -0.516. The Morgan fingerprint density at radius 1 is 1.11 bits per heavy atom. The van der Waals surface area contributed by atoms with Gasteiger partial charge in [0.2, 0.25) is 0 Å². The standard InChI is InChI=1S/C23H27N3O2/c1-16(2)13-21(23(27)28)24-14-19-15-26(20-7-5-4-6-8-20)25-22(19)18-11-9-17(3)10-12-18/h4-12,15-16,21,24H,13-14H2,1-3H3,(H,27,28)/t21-/m0/s1. The minimum absolute atomic E-state index is 0.303. The third kappa shape index (κ3) is 4.87. The maximum Gasteiger partial charge on any atom is 0.320 e. The molecule has 2 N–H and O–H groups in total. The van der Waals surface area contributed by atoms with Crippen molar-refractivity contribution in [3.63, 3.8) is 0 Å². The highest BCUT2D eigenvalue weighted by Crippen LogP contribution is 2.24. The Bertz CT molecular complexity index is 915. The molecule has 0 spiro atoms. The molecule has 5 heteroatoms. The summed E-state index contributed by atoms with van der Waals surface area (Å²) < 4.78 is 1.85. The lowest BCUT2D eigenvalue weighted by Gasteiger charge is -2.16. The van der Waals surface area contributed by atoms with Gasteiger partial charge in [-0.15, -0.1) is 0 Å². The Morgan fingerprint density at radius 2 is 1.79 bits per heavy atom. The molecule has 0 amide bonds. The fourth-order valence-electron chi connectivity index (χ4n) is 3.18. The second-order valence-electron chi connectivity index (χ2n) is 7.55. The van der Waals surface area contributed by atoms with Gasteiger partial charge < -0.3 is 10.4 Å². The van der Waals surface area contributed by atoms with Crippen LogP contribution in [0.25, 0.3) is 16.9 Å². The quantitative estimate of drug-likeness (QED) is 0.609. The highest BCUT2D eigenvalue weighted by atomic mass is 16.4. The number of carboxylic acid groups (broad SMARTS) is 1. The van der Waals surface area contributed by atoms with Crippen LogP contribution >= 0.6 is 0 Å². The number of carbonyl (C=O) groups is 1. The Labute approximate surface area is 166 Å². The van der Waals surface area contributed by atoms with Crippen molar-refractivity contribution in [3.05, 3.63) is 71.9 Å². The van der Waals surface area contributed by atoms with Gasteiger partial charge in [-0.2, -0.15) is 5.10 Å². The topological polar surface area (TPSA) is 67.2 Å². The monoisotopic (exact) mass is 377 g/mol. The first-order valence-electron chi connectivity index (χ1n) is 9.61. The number of rotatable bonds is 8. The second-order valence-corrected chi connectivity index (χ2v) is 7.55. The molecule has 0 fully saturated rings. The van der Waals surface area contributed by atoms with Crippen LogP contribution in [0, 0.1) is 12.8 Å². The smallest absolute Gasteiger partial charge is 0.320 e. The van der Waals surface area contributed by atoms with E-state index in [1.807, 2.05) is 55.1 Å². The average Bonchev–Trinajstić information content (AvgIpc) is 3.10. The summed E-state index contributed by atoms with van der Waals surface area (Å²) >= 11 is 0. The van der Waals surface area contributed by atoms with Gasteiger partial charge in [0.15, 0.2) is 0 Å². The molecule has 1 aromatic heterocycles. The number of aliphatic carboxylic acids is 1. The van der Waals surface area contributed by atoms with Gasteiger partial charge >= 0.3 is 5.97 Å². The van der Waals surface area contributed by atoms with Crippen molar-refractivity contribution in [2.75, 3.05) is 0 Å². The zero-order valence-corrected chi connectivity index (χ0v) is 16.6. The Balaban J connectivity index is 1.92. The molecule has 0 unspecified atom stereocenters. The summed E-state index contributed by atoms with van der Waals surface area (Å²) in [4.78, 5) is 11.6. The Kier molecular flexibility index (Phi) is 6.26. The minimum atomic E-state index is -0.818. The van der Waals surface area contributed by atoms with Gasteiger partial charge in [0.1, 0.15) is 6.04 Å². The van der Waals surface area contributed by atoms with Crippen molar-refractivity contribution < 1.29 is 9.90 Å². The maximum absolute atomic E-state index is 11.6. The van der Waals surface area contributed by atoms with E-state index in [0.29, 0.717) is 18.9 Å². The molecular weight excluding hydrogens is 350 g/mol. The van der Waals surface area contributed by atoms with Crippen LogP contribution in [-0.2, 0) is 11.3 Å². The van der Waals surface area contributed by atoms with Crippen molar-refractivity contribution in [3.8, 4) is 16.9 Å². The van der Waals surface area contributed by atoms with E-state index in [1.54, 1.807) is 0 Å². The molecule has 0 aliphatic rings. The fourth-order valence-corrected chi connectivity index (χ4v) is 3.18. The molecule has 0 bridgehead atoms. The molecule has 1 heterocycles. The molecule has 3 aromatic rings. The number of aryl methyl sites for hydroxylation is 1. The Hall–Kier alpha value is -2.92. The number of nitrogens with zero attached hydrogens (tertiary/aromatic N) is 2. The highest BCUT2D eigenvalue weighted by Gasteiger charge is 2.20. The van der Waals surface area contributed by atoms with Crippen molar-refractivity contribution in [1.82, 2.24) is 15.1 Å². The molecular formula is C23H27N3O2. The van der Waals surface area contributed by atoms with Crippen LogP contribution in [0.3, 0.4) is 0 Å². The first kappa shape index (κ1) is 19.8. The van der Waals surface area contributed by atoms with Crippen molar-refractivity contribution in [1.29, 1.82) is 0 Å². The van der Waals surface area contributed by atoms with E-state index in [0.717, 1.165) is 22.5 Å². The molecule has 1 atom stereocenters. The van der Waals surface area contributed by atoms with E-state index in [2.05, 4.69) is 36.5 Å². The minimum Gasteiger partial charge on any atom is -0.480 e. The number of benzene rings is 2. The van der Waals surface area contributed by atoms with E-state index in [4.69, 9.17) is 5.10 Å². The molecule has 146 valence electrons. The fraction of sp³-hybridized carbons (Fsp3) is 0.304. The lowest BCUT2D eigenvalue weighted by atomic mass is 10.0. The van der Waals surface area contributed by atoms with Crippen LogP contribution < -0.4 is 5.32 Å². The molecule has 3 rings (SSSR count). The molecule has 0 aliphatic heterocycles. The first-order chi connectivity index (χ1) is 13.4. The summed E-state index contributed by atoms with van der Waals surface area (Å²) in [5.41, 5.74) is 5.02. The predicted molar refractivity (Wildman–Crippen MR) is 111 cm³/mol. The van der Waals surface area contributed by atoms with E-state index in [1.165, 1.54) is 5.56 Å². The van der Waals surface area contributed by atoms with Crippen molar-refractivity contribution >= 4 is 5.97 Å². The molecule has 0 saturated heterocycles. The van der Waals surface area contributed by atoms with Crippen LogP contribution in [0.5, 0.6) is 0 Å². The number of aromatic nitrogens is 2. The summed E-state index contributed by atoms with van der Waals surface area (Å²) in [7, 11) is 0. The number of carboxylic acids is 1. The first-order valence-corrected chi connectivity index (χ1v) is 9.61. The van der Waals surface area contributed by atoms with E-state index in [9.17, 15) is 9.90 Å². The highest BCUT2D eigenvalue weighted by molar-refractivity contribution is 5.73. The van der Waals surface area contributed by atoms with Crippen LogP contribution in [0.4, 0.5) is 0 Å². The largest absolute Gasteiger partial charge is 0.480 e. The van der Waals surface area contributed by atoms with Crippen molar-refractivity contribution in [2.24, 2.45) is 5.92 Å². The molecule has 2 aromatic carbocycles. The van der Waals surface area contributed by atoms with Crippen LogP contribution in [0.2, 0.25) is 0 Å². The molecule has 0 aliphatic carbocycles. The van der Waals surface area contributed by atoms with Gasteiger partial charge in [0.25, 0.3) is 0 Å². The van der Waals surface area contributed by atoms with Crippen LogP contribution in [-0.4, -0.2) is 26.9 Å². The number of nitrogens with one attached hydrogen (secondary N) is 1. The molecule has 28 heavy (non-hydrogen) atoms. The Morgan fingerprint density at radius 3 is 2.39 bits per heavy atom. The second kappa shape index (κ2) is 8.85. The van der Waals surface area contributed by atoms with E-state index < -0.39 is 12.0 Å². The zero-order valence-electron chi connectivity index (χ0n) is 16.6.